The highest BCUT2D eigenvalue weighted by Crippen LogP contribution is 2.14. The fourth-order valence-electron chi connectivity index (χ4n) is 5.84. The number of carbonyl (C=O) groups excluding carboxylic acids is 1. The molecule has 0 aliphatic carbocycles. The smallest absolute Gasteiger partial charge is 0.220 e. The van der Waals surface area contributed by atoms with Crippen LogP contribution in [-0.4, -0.2) is 34.9 Å². The molecule has 0 aromatic rings. The number of carbonyl (C=O) groups is 1. The van der Waals surface area contributed by atoms with Crippen molar-refractivity contribution < 1.29 is 15.0 Å². The first kappa shape index (κ1) is 45.3. The van der Waals surface area contributed by atoms with Gasteiger partial charge in [-0.05, 0) is 64.2 Å². The van der Waals surface area contributed by atoms with Crippen molar-refractivity contribution in [3.8, 4) is 0 Å². The molecule has 274 valence electrons. The Labute approximate surface area is 293 Å². The van der Waals surface area contributed by atoms with Gasteiger partial charge in [-0.1, -0.05) is 178 Å². The molecule has 0 aliphatic heterocycles. The molecule has 0 aliphatic rings. The minimum absolute atomic E-state index is 0.0947. The van der Waals surface area contributed by atoms with E-state index >= 15 is 0 Å². The van der Waals surface area contributed by atoms with Gasteiger partial charge in [-0.3, -0.25) is 4.79 Å². The van der Waals surface area contributed by atoms with Crippen LogP contribution in [0.4, 0.5) is 0 Å². The summed E-state index contributed by atoms with van der Waals surface area (Å²) in [5.41, 5.74) is 0. The van der Waals surface area contributed by atoms with Gasteiger partial charge in [0, 0.05) is 6.42 Å². The van der Waals surface area contributed by atoms with Gasteiger partial charge in [0.15, 0.2) is 0 Å². The van der Waals surface area contributed by atoms with Crippen molar-refractivity contribution in [1.82, 2.24) is 5.32 Å². The maximum absolute atomic E-state index is 12.3. The maximum atomic E-state index is 12.3. The summed E-state index contributed by atoms with van der Waals surface area (Å²) in [6.45, 7) is 4.23. The normalized spacial score (nSPS) is 13.5. The lowest BCUT2D eigenvalue weighted by molar-refractivity contribution is -0.123. The van der Waals surface area contributed by atoms with Crippen LogP contribution in [0.3, 0.4) is 0 Å². The number of unbranched alkanes of at least 4 members (excludes halogenated alkanes) is 23. The van der Waals surface area contributed by atoms with Gasteiger partial charge in [0.05, 0.1) is 18.8 Å². The van der Waals surface area contributed by atoms with Crippen LogP contribution >= 0.6 is 0 Å². The highest BCUT2D eigenvalue weighted by atomic mass is 16.3. The topological polar surface area (TPSA) is 69.6 Å². The zero-order valence-electron chi connectivity index (χ0n) is 31.3. The Balaban J connectivity index is 3.63. The van der Waals surface area contributed by atoms with E-state index in [1.807, 2.05) is 6.08 Å². The molecule has 0 spiro atoms. The standard InChI is InChI=1S/C43H79NO3/c1-3-5-7-9-11-13-15-16-17-18-19-20-21-22-23-24-25-26-27-28-29-30-32-34-36-38-42(46)41(40-45)44-43(47)39-37-35-33-31-14-12-10-8-6-4-2/h10,12,25-26,29-30,36,38,41-42,45-46H,3-9,11,13-24,27-28,31-35,37,39-40H2,1-2H3,(H,44,47)/b12-10-,26-25+,30-29+,38-36+. The lowest BCUT2D eigenvalue weighted by atomic mass is 10.0. The second kappa shape index (κ2) is 38.8. The van der Waals surface area contributed by atoms with Crippen LogP contribution in [0.25, 0.3) is 0 Å². The van der Waals surface area contributed by atoms with Gasteiger partial charge in [-0.2, -0.15) is 0 Å². The minimum Gasteiger partial charge on any atom is -0.394 e. The van der Waals surface area contributed by atoms with Crippen molar-refractivity contribution in [3.05, 3.63) is 48.6 Å². The fraction of sp³-hybridized carbons (Fsp3) is 0.791. The minimum atomic E-state index is -0.873. The van der Waals surface area contributed by atoms with Crippen LogP contribution in [0.2, 0.25) is 0 Å². The number of allylic oxidation sites excluding steroid dienone is 7. The third-order valence-corrected chi connectivity index (χ3v) is 9.01. The Hall–Kier alpha value is -1.65. The van der Waals surface area contributed by atoms with Crippen molar-refractivity contribution in [2.45, 2.75) is 212 Å². The van der Waals surface area contributed by atoms with E-state index < -0.39 is 12.1 Å². The number of amides is 1. The van der Waals surface area contributed by atoms with Crippen LogP contribution in [-0.2, 0) is 4.79 Å². The fourth-order valence-corrected chi connectivity index (χ4v) is 5.84. The maximum Gasteiger partial charge on any atom is 0.220 e. The predicted molar refractivity (Wildman–Crippen MR) is 207 cm³/mol. The zero-order valence-corrected chi connectivity index (χ0v) is 31.3. The summed E-state index contributed by atoms with van der Waals surface area (Å²) < 4.78 is 0. The Morgan fingerprint density at radius 3 is 1.30 bits per heavy atom. The summed E-state index contributed by atoms with van der Waals surface area (Å²) in [4.78, 5) is 12.3. The first-order valence-corrected chi connectivity index (χ1v) is 20.4. The number of hydrogen-bond acceptors (Lipinski definition) is 3. The van der Waals surface area contributed by atoms with Gasteiger partial charge in [-0.15, -0.1) is 0 Å². The van der Waals surface area contributed by atoms with Crippen molar-refractivity contribution in [3.63, 3.8) is 0 Å². The second-order valence-corrected chi connectivity index (χ2v) is 13.7. The highest BCUT2D eigenvalue weighted by molar-refractivity contribution is 5.76. The lowest BCUT2D eigenvalue weighted by Gasteiger charge is -2.19. The van der Waals surface area contributed by atoms with Crippen LogP contribution in [0, 0.1) is 0 Å². The van der Waals surface area contributed by atoms with E-state index in [-0.39, 0.29) is 12.5 Å². The van der Waals surface area contributed by atoms with Crippen LogP contribution < -0.4 is 5.32 Å². The zero-order chi connectivity index (χ0) is 34.3. The number of aliphatic hydroxyl groups is 2. The molecule has 2 atom stereocenters. The van der Waals surface area contributed by atoms with E-state index in [1.165, 1.54) is 128 Å². The molecule has 0 saturated heterocycles. The molecule has 0 rings (SSSR count). The molecule has 0 heterocycles. The molecule has 0 saturated carbocycles. The third kappa shape index (κ3) is 35.5. The highest BCUT2D eigenvalue weighted by Gasteiger charge is 2.17. The summed E-state index contributed by atoms with van der Waals surface area (Å²) in [5, 5.41) is 22.8. The van der Waals surface area contributed by atoms with Crippen molar-refractivity contribution in [2.24, 2.45) is 0 Å². The Kier molecular flexibility index (Phi) is 37.4. The molecule has 2 unspecified atom stereocenters. The number of hydrogen-bond donors (Lipinski definition) is 3. The molecule has 1 amide bonds. The third-order valence-electron chi connectivity index (χ3n) is 9.01. The van der Waals surface area contributed by atoms with Gasteiger partial charge in [0.1, 0.15) is 0 Å². The largest absolute Gasteiger partial charge is 0.394 e. The van der Waals surface area contributed by atoms with E-state index in [2.05, 4.69) is 55.6 Å². The van der Waals surface area contributed by atoms with Crippen LogP contribution in [0.15, 0.2) is 48.6 Å². The molecule has 0 aromatic carbocycles. The molecule has 0 aromatic heterocycles. The number of aliphatic hydroxyl groups excluding tert-OH is 2. The van der Waals surface area contributed by atoms with Gasteiger partial charge < -0.3 is 15.5 Å². The summed E-state index contributed by atoms with van der Waals surface area (Å²) in [6.07, 6.45) is 52.2. The summed E-state index contributed by atoms with van der Waals surface area (Å²) in [7, 11) is 0. The van der Waals surface area contributed by atoms with Crippen molar-refractivity contribution in [1.29, 1.82) is 0 Å². The van der Waals surface area contributed by atoms with Crippen LogP contribution in [0.1, 0.15) is 200 Å². The average molecular weight is 658 g/mol. The van der Waals surface area contributed by atoms with E-state index in [9.17, 15) is 15.0 Å². The van der Waals surface area contributed by atoms with E-state index in [1.54, 1.807) is 6.08 Å². The summed E-state index contributed by atoms with van der Waals surface area (Å²) in [6, 6.07) is -0.649. The number of rotatable bonds is 36. The predicted octanol–water partition coefficient (Wildman–Crippen LogP) is 12.4. The Bertz CT molecular complexity index is 756. The Morgan fingerprint density at radius 2 is 0.851 bits per heavy atom. The molecule has 47 heavy (non-hydrogen) atoms. The molecule has 0 fully saturated rings. The Morgan fingerprint density at radius 1 is 0.489 bits per heavy atom. The molecule has 3 N–H and O–H groups in total. The first-order chi connectivity index (χ1) is 23.2. The second-order valence-electron chi connectivity index (χ2n) is 13.7. The lowest BCUT2D eigenvalue weighted by Crippen LogP contribution is -2.45. The molecule has 4 nitrogen and oxygen atoms in total. The van der Waals surface area contributed by atoms with E-state index in [0.29, 0.717) is 6.42 Å². The van der Waals surface area contributed by atoms with Crippen molar-refractivity contribution in [2.75, 3.05) is 6.61 Å². The quantitative estimate of drug-likeness (QED) is 0.0464. The monoisotopic (exact) mass is 658 g/mol. The SMILES string of the molecule is CCCC/C=C\CCCCCCC(=O)NC(CO)C(O)/C=C/CC/C=C/CC/C=C/CCCCCCCCCCCCCCCCC. The van der Waals surface area contributed by atoms with E-state index in [4.69, 9.17) is 0 Å². The average Bonchev–Trinajstić information content (AvgIpc) is 3.07. The van der Waals surface area contributed by atoms with Gasteiger partial charge in [-0.25, -0.2) is 0 Å². The van der Waals surface area contributed by atoms with Crippen LogP contribution in [0.5, 0.6) is 0 Å². The molecule has 0 radical (unpaired) electrons. The van der Waals surface area contributed by atoms with Gasteiger partial charge in [0.2, 0.25) is 5.91 Å². The summed E-state index contributed by atoms with van der Waals surface area (Å²) in [5.74, 6) is -0.0947. The van der Waals surface area contributed by atoms with Crippen molar-refractivity contribution >= 4 is 5.91 Å². The van der Waals surface area contributed by atoms with E-state index in [0.717, 1.165) is 51.4 Å². The molecule has 4 heteroatoms. The molecular formula is C43H79NO3. The summed E-state index contributed by atoms with van der Waals surface area (Å²) >= 11 is 0. The molecular weight excluding hydrogens is 578 g/mol. The molecule has 0 bridgehead atoms. The van der Waals surface area contributed by atoms with Gasteiger partial charge in [0.25, 0.3) is 0 Å². The number of nitrogens with one attached hydrogen (secondary N) is 1. The van der Waals surface area contributed by atoms with Gasteiger partial charge >= 0.3 is 0 Å². The first-order valence-electron chi connectivity index (χ1n) is 20.4.